The van der Waals surface area contributed by atoms with Crippen LogP contribution in [0.15, 0.2) is 54.1 Å². The molecule has 0 atom stereocenters. The summed E-state index contributed by atoms with van der Waals surface area (Å²) in [6, 6.07) is 16.2. The average molecular weight is 297 g/mol. The highest BCUT2D eigenvalue weighted by atomic mass is 35.5. The largest absolute Gasteiger partial charge is 0.321 e. The molecule has 0 saturated heterocycles. The molecule has 0 saturated carbocycles. The van der Waals surface area contributed by atoms with E-state index >= 15 is 0 Å². The van der Waals surface area contributed by atoms with Crippen LogP contribution >= 0.6 is 11.6 Å². The lowest BCUT2D eigenvalue weighted by atomic mass is 10.1. The molecule has 0 aliphatic heterocycles. The van der Waals surface area contributed by atoms with E-state index in [4.69, 9.17) is 11.6 Å². The molecule has 0 radical (unpaired) electrons. The number of anilines is 1. The molecule has 0 bridgehead atoms. The van der Waals surface area contributed by atoms with E-state index in [1.165, 1.54) is 0 Å². The summed E-state index contributed by atoms with van der Waals surface area (Å²) in [7, 11) is 0. The highest BCUT2D eigenvalue weighted by Crippen LogP contribution is 2.16. The summed E-state index contributed by atoms with van der Waals surface area (Å²) in [6.07, 6.45) is 1.58. The number of hydrogen-bond acceptors (Lipinski definition) is 2. The van der Waals surface area contributed by atoms with Gasteiger partial charge in [0, 0.05) is 10.7 Å². The van der Waals surface area contributed by atoms with Crippen LogP contribution in [0, 0.1) is 18.3 Å². The maximum atomic E-state index is 12.1. The predicted molar refractivity (Wildman–Crippen MR) is 84.9 cm³/mol. The van der Waals surface area contributed by atoms with E-state index in [0.29, 0.717) is 10.7 Å². The monoisotopic (exact) mass is 296 g/mol. The van der Waals surface area contributed by atoms with Crippen LogP contribution in [-0.2, 0) is 4.79 Å². The van der Waals surface area contributed by atoms with Gasteiger partial charge in [-0.1, -0.05) is 35.9 Å². The van der Waals surface area contributed by atoms with Crippen molar-refractivity contribution in [1.82, 2.24) is 0 Å². The van der Waals surface area contributed by atoms with Gasteiger partial charge in [0.25, 0.3) is 5.91 Å². The Hall–Kier alpha value is -2.57. The number of halogens is 1. The van der Waals surface area contributed by atoms with Gasteiger partial charge in [0.05, 0.1) is 0 Å². The van der Waals surface area contributed by atoms with Crippen molar-refractivity contribution in [3.05, 3.63) is 70.3 Å². The fourth-order valence-corrected chi connectivity index (χ4v) is 1.91. The number of aryl methyl sites for hydroxylation is 1. The van der Waals surface area contributed by atoms with Gasteiger partial charge >= 0.3 is 0 Å². The van der Waals surface area contributed by atoms with E-state index in [-0.39, 0.29) is 5.57 Å². The molecule has 0 heterocycles. The number of rotatable bonds is 3. The Bertz CT molecular complexity index is 727. The van der Waals surface area contributed by atoms with Gasteiger partial charge in [-0.2, -0.15) is 5.26 Å². The molecule has 0 aliphatic rings. The summed E-state index contributed by atoms with van der Waals surface area (Å²) in [4.78, 5) is 12.1. The molecule has 0 aliphatic carbocycles. The summed E-state index contributed by atoms with van der Waals surface area (Å²) in [5.74, 6) is -0.442. The van der Waals surface area contributed by atoms with E-state index in [1.807, 2.05) is 37.3 Å². The molecular weight excluding hydrogens is 284 g/mol. The van der Waals surface area contributed by atoms with Crippen molar-refractivity contribution in [3.63, 3.8) is 0 Å². The quantitative estimate of drug-likeness (QED) is 0.682. The predicted octanol–water partition coefficient (Wildman–Crippen LogP) is 4.19. The number of carbonyl (C=O) groups excluding carboxylic acids is 1. The fourth-order valence-electron chi connectivity index (χ4n) is 1.78. The number of carbonyl (C=O) groups is 1. The van der Waals surface area contributed by atoms with Crippen LogP contribution in [0.4, 0.5) is 5.69 Å². The molecular formula is C17H13ClN2O. The number of nitrogens with one attached hydrogen (secondary N) is 1. The molecule has 0 spiro atoms. The minimum Gasteiger partial charge on any atom is -0.321 e. The number of hydrogen-bond donors (Lipinski definition) is 1. The van der Waals surface area contributed by atoms with Crippen molar-refractivity contribution in [1.29, 1.82) is 5.26 Å². The van der Waals surface area contributed by atoms with Gasteiger partial charge in [0.2, 0.25) is 0 Å². The van der Waals surface area contributed by atoms with E-state index in [9.17, 15) is 10.1 Å². The van der Waals surface area contributed by atoms with Gasteiger partial charge in [0.1, 0.15) is 11.6 Å². The van der Waals surface area contributed by atoms with Crippen molar-refractivity contribution in [2.24, 2.45) is 0 Å². The number of nitriles is 1. The van der Waals surface area contributed by atoms with E-state index in [1.54, 1.807) is 30.3 Å². The standard InChI is InChI=1S/C17H13ClN2O/c1-12-4-2-3-5-13(12)10-14(11-19)17(21)20-16-8-6-15(18)7-9-16/h2-10H,1H3,(H,20,21)/b14-10+. The van der Waals surface area contributed by atoms with Gasteiger partial charge in [-0.3, -0.25) is 4.79 Å². The molecule has 2 aromatic carbocycles. The summed E-state index contributed by atoms with van der Waals surface area (Å²) < 4.78 is 0. The highest BCUT2D eigenvalue weighted by molar-refractivity contribution is 6.30. The van der Waals surface area contributed by atoms with Gasteiger partial charge in [-0.25, -0.2) is 0 Å². The zero-order valence-corrected chi connectivity index (χ0v) is 12.2. The molecule has 1 N–H and O–H groups in total. The van der Waals surface area contributed by atoms with Gasteiger partial charge < -0.3 is 5.32 Å². The molecule has 1 amide bonds. The molecule has 3 nitrogen and oxygen atoms in total. The molecule has 21 heavy (non-hydrogen) atoms. The second kappa shape index (κ2) is 6.74. The fraction of sp³-hybridized carbons (Fsp3) is 0.0588. The Morgan fingerprint density at radius 2 is 1.86 bits per heavy atom. The smallest absolute Gasteiger partial charge is 0.266 e. The summed E-state index contributed by atoms with van der Waals surface area (Å²) in [6.45, 7) is 1.93. The Morgan fingerprint density at radius 1 is 1.19 bits per heavy atom. The van der Waals surface area contributed by atoms with Crippen molar-refractivity contribution in [2.45, 2.75) is 6.92 Å². The number of amides is 1. The lowest BCUT2D eigenvalue weighted by Gasteiger charge is -2.05. The molecule has 0 fully saturated rings. The average Bonchev–Trinajstić information content (AvgIpc) is 2.48. The highest BCUT2D eigenvalue weighted by Gasteiger charge is 2.10. The first-order valence-electron chi connectivity index (χ1n) is 6.34. The molecule has 2 rings (SSSR count). The third-order valence-corrected chi connectivity index (χ3v) is 3.21. The van der Waals surface area contributed by atoms with Gasteiger partial charge in [-0.05, 0) is 48.4 Å². The summed E-state index contributed by atoms with van der Waals surface area (Å²) in [5, 5.41) is 12.4. The van der Waals surface area contributed by atoms with E-state index in [2.05, 4.69) is 5.32 Å². The maximum Gasteiger partial charge on any atom is 0.266 e. The van der Waals surface area contributed by atoms with Crippen molar-refractivity contribution in [2.75, 3.05) is 5.32 Å². The van der Waals surface area contributed by atoms with Crippen LogP contribution in [0.5, 0.6) is 0 Å². The zero-order chi connectivity index (χ0) is 15.2. The SMILES string of the molecule is Cc1ccccc1/C=C(\C#N)C(=O)Nc1ccc(Cl)cc1. The molecule has 2 aromatic rings. The lowest BCUT2D eigenvalue weighted by Crippen LogP contribution is -2.13. The number of benzene rings is 2. The topological polar surface area (TPSA) is 52.9 Å². The van der Waals surface area contributed by atoms with Crippen molar-refractivity contribution in [3.8, 4) is 6.07 Å². The van der Waals surface area contributed by atoms with Gasteiger partial charge in [0.15, 0.2) is 0 Å². The van der Waals surface area contributed by atoms with E-state index < -0.39 is 5.91 Å². The van der Waals surface area contributed by atoms with Crippen LogP contribution in [0.1, 0.15) is 11.1 Å². The minimum absolute atomic E-state index is 0.0549. The maximum absolute atomic E-state index is 12.1. The van der Waals surface area contributed by atoms with E-state index in [0.717, 1.165) is 11.1 Å². The summed E-state index contributed by atoms with van der Waals surface area (Å²) in [5.41, 5.74) is 2.50. The molecule has 4 heteroatoms. The normalized spacial score (nSPS) is 10.8. The molecule has 104 valence electrons. The molecule has 0 unspecified atom stereocenters. The van der Waals surface area contributed by atoms with Crippen molar-refractivity contribution >= 4 is 29.3 Å². The minimum atomic E-state index is -0.442. The first-order chi connectivity index (χ1) is 10.1. The third kappa shape index (κ3) is 3.95. The second-order valence-electron chi connectivity index (χ2n) is 4.49. The Balaban J connectivity index is 2.22. The van der Waals surface area contributed by atoms with Gasteiger partial charge in [-0.15, -0.1) is 0 Å². The first-order valence-corrected chi connectivity index (χ1v) is 6.72. The second-order valence-corrected chi connectivity index (χ2v) is 4.92. The Labute approximate surface area is 128 Å². The Morgan fingerprint density at radius 3 is 2.48 bits per heavy atom. The number of nitrogens with zero attached hydrogens (tertiary/aromatic N) is 1. The summed E-state index contributed by atoms with van der Waals surface area (Å²) >= 11 is 5.79. The van der Waals surface area contributed by atoms with Crippen LogP contribution in [0.2, 0.25) is 5.02 Å². The van der Waals surface area contributed by atoms with Crippen molar-refractivity contribution < 1.29 is 4.79 Å². The van der Waals surface area contributed by atoms with Crippen LogP contribution < -0.4 is 5.32 Å². The zero-order valence-electron chi connectivity index (χ0n) is 11.4. The molecule has 0 aromatic heterocycles. The van der Waals surface area contributed by atoms with Crippen LogP contribution in [0.3, 0.4) is 0 Å². The van der Waals surface area contributed by atoms with Crippen LogP contribution in [-0.4, -0.2) is 5.91 Å². The lowest BCUT2D eigenvalue weighted by molar-refractivity contribution is -0.112. The Kier molecular flexibility index (Phi) is 4.76. The third-order valence-electron chi connectivity index (χ3n) is 2.96. The first kappa shape index (κ1) is 14.8. The van der Waals surface area contributed by atoms with Crippen LogP contribution in [0.25, 0.3) is 6.08 Å².